The Labute approximate surface area is 339 Å². The van der Waals surface area contributed by atoms with Crippen molar-refractivity contribution in [1.29, 1.82) is 0 Å². The summed E-state index contributed by atoms with van der Waals surface area (Å²) >= 11 is 0. The second-order valence-electron chi connectivity index (χ2n) is 13.2. The molecule has 271 valence electrons. The first-order valence-electron chi connectivity index (χ1n) is 18.2. The molecule has 4 heterocycles. The molecule has 0 amide bonds. The van der Waals surface area contributed by atoms with Crippen LogP contribution in [0.5, 0.6) is 0 Å². The van der Waals surface area contributed by atoms with Gasteiger partial charge in [0.15, 0.2) is 0 Å². The van der Waals surface area contributed by atoms with Crippen molar-refractivity contribution in [3.63, 3.8) is 0 Å². The molecule has 0 saturated carbocycles. The molecule has 0 bridgehead atoms. The Morgan fingerprint density at radius 1 is 0.589 bits per heavy atom. The van der Waals surface area contributed by atoms with Crippen molar-refractivity contribution in [3.8, 4) is 61.7 Å². The summed E-state index contributed by atoms with van der Waals surface area (Å²) in [5, 5.41) is 0.959. The Morgan fingerprint density at radius 2 is 1.27 bits per heavy atom. The zero-order chi connectivity index (χ0) is 37.0. The summed E-state index contributed by atoms with van der Waals surface area (Å²) in [6.07, 6.45) is 8.66. The third kappa shape index (κ3) is 7.24. The first-order valence-corrected chi connectivity index (χ1v) is 18.2. The van der Waals surface area contributed by atoms with Crippen LogP contribution in [0.15, 0.2) is 193 Å². The minimum absolute atomic E-state index is 0. The molecule has 0 aliphatic rings. The average Bonchev–Trinajstić information content (AvgIpc) is 3.86. The first kappa shape index (κ1) is 36.3. The number of aromatic nitrogens is 4. The van der Waals surface area contributed by atoms with Gasteiger partial charge in [-0.2, -0.15) is 0 Å². The maximum absolute atomic E-state index is 6.04. The van der Waals surface area contributed by atoms with Crippen LogP contribution in [0.4, 0.5) is 0 Å². The number of nitrogens with zero attached hydrogens (tertiary/aromatic N) is 4. The third-order valence-electron chi connectivity index (χ3n) is 9.61. The summed E-state index contributed by atoms with van der Waals surface area (Å²) in [4.78, 5) is 13.6. The van der Waals surface area contributed by atoms with Gasteiger partial charge in [-0.05, 0) is 82.9 Å². The van der Waals surface area contributed by atoms with Crippen LogP contribution < -0.4 is 0 Å². The molecule has 0 atom stereocenters. The van der Waals surface area contributed by atoms with Gasteiger partial charge in [-0.1, -0.05) is 114 Å². The molecule has 0 fully saturated rings. The largest absolute Gasteiger partial charge is 0.557 e. The predicted molar refractivity (Wildman–Crippen MR) is 222 cm³/mol. The van der Waals surface area contributed by atoms with Gasteiger partial charge in [-0.25, -0.2) is 0 Å². The normalized spacial score (nSPS) is 10.8. The topological polar surface area (TPSA) is 56.7 Å². The number of fused-ring (bicyclic) bond motifs is 2. The van der Waals surface area contributed by atoms with Gasteiger partial charge >= 0.3 is 0 Å². The van der Waals surface area contributed by atoms with Crippen LogP contribution in [0.1, 0.15) is 5.56 Å². The summed E-state index contributed by atoms with van der Waals surface area (Å²) in [5.74, 6) is 0.782. The van der Waals surface area contributed by atoms with Gasteiger partial charge in [0.05, 0.1) is 22.5 Å². The molecule has 0 aliphatic carbocycles. The van der Waals surface area contributed by atoms with Crippen molar-refractivity contribution in [3.05, 3.63) is 206 Å². The van der Waals surface area contributed by atoms with Crippen molar-refractivity contribution in [2.75, 3.05) is 0 Å². The van der Waals surface area contributed by atoms with E-state index in [0.717, 1.165) is 83.7 Å². The van der Waals surface area contributed by atoms with Crippen molar-refractivity contribution >= 4 is 22.0 Å². The molecule has 10 rings (SSSR count). The van der Waals surface area contributed by atoms with Gasteiger partial charge in [0.1, 0.15) is 0 Å². The van der Waals surface area contributed by atoms with Gasteiger partial charge in [0.25, 0.3) is 0 Å². The molecule has 56 heavy (non-hydrogen) atoms. The molecule has 0 N–H and O–H groups in total. The van der Waals surface area contributed by atoms with Gasteiger partial charge in [-0.15, -0.1) is 35.9 Å². The van der Waals surface area contributed by atoms with Crippen molar-refractivity contribution < 1.29 is 24.5 Å². The minimum atomic E-state index is 0. The van der Waals surface area contributed by atoms with Crippen molar-refractivity contribution in [2.45, 2.75) is 6.92 Å². The average molecular weight is 899 g/mol. The van der Waals surface area contributed by atoms with E-state index in [-0.39, 0.29) is 20.1 Å². The van der Waals surface area contributed by atoms with Crippen LogP contribution in [-0.4, -0.2) is 19.5 Å². The molecule has 6 aromatic carbocycles. The third-order valence-corrected chi connectivity index (χ3v) is 9.61. The first-order chi connectivity index (χ1) is 27.2. The summed E-state index contributed by atoms with van der Waals surface area (Å²) in [7, 11) is 0. The van der Waals surface area contributed by atoms with E-state index in [0.29, 0.717) is 0 Å². The van der Waals surface area contributed by atoms with E-state index in [1.54, 1.807) is 6.20 Å². The van der Waals surface area contributed by atoms with Crippen LogP contribution >= 0.6 is 0 Å². The van der Waals surface area contributed by atoms with Gasteiger partial charge in [0.2, 0.25) is 0 Å². The van der Waals surface area contributed by atoms with E-state index in [2.05, 4.69) is 137 Å². The number of hydrogen-bond donors (Lipinski definition) is 0. The predicted octanol–water partition coefficient (Wildman–Crippen LogP) is 12.5. The maximum atomic E-state index is 6.04. The molecule has 0 aliphatic heterocycles. The smallest absolute Gasteiger partial charge is 0.0774 e. The minimum Gasteiger partial charge on any atom is -0.557 e. The number of benzene rings is 6. The second kappa shape index (κ2) is 16.3. The summed E-state index contributed by atoms with van der Waals surface area (Å²) in [6, 6.07) is 61.1. The fraction of sp³-hybridized carbons (Fsp3) is 0.0200. The summed E-state index contributed by atoms with van der Waals surface area (Å²) in [5.41, 5.74) is 14.5. The van der Waals surface area contributed by atoms with E-state index >= 15 is 0 Å². The summed E-state index contributed by atoms with van der Waals surface area (Å²) < 4.78 is 8.33. The monoisotopic (exact) mass is 899 g/mol. The Morgan fingerprint density at radius 3 is 1.95 bits per heavy atom. The number of imidazole rings is 1. The van der Waals surface area contributed by atoms with Crippen LogP contribution in [0, 0.1) is 19.3 Å². The number of hydrogen-bond acceptors (Lipinski definition) is 4. The molecule has 0 unspecified atom stereocenters. The van der Waals surface area contributed by atoms with Crippen LogP contribution in [0.25, 0.3) is 83.7 Å². The fourth-order valence-corrected chi connectivity index (χ4v) is 7.06. The van der Waals surface area contributed by atoms with Crippen LogP contribution in [0.2, 0.25) is 0 Å². The fourth-order valence-electron chi connectivity index (χ4n) is 7.06. The number of aryl methyl sites for hydroxylation is 1. The van der Waals surface area contributed by atoms with E-state index in [1.165, 1.54) is 5.56 Å². The maximum Gasteiger partial charge on any atom is 0.0774 e. The molecule has 6 heteroatoms. The molecular weight excluding hydrogens is 865 g/mol. The van der Waals surface area contributed by atoms with Crippen molar-refractivity contribution in [2.24, 2.45) is 0 Å². The van der Waals surface area contributed by atoms with Gasteiger partial charge in [0, 0.05) is 61.7 Å². The van der Waals surface area contributed by atoms with Crippen LogP contribution in [-0.2, 0) is 20.1 Å². The van der Waals surface area contributed by atoms with E-state index in [4.69, 9.17) is 9.40 Å². The van der Waals surface area contributed by atoms with Gasteiger partial charge in [-0.3, -0.25) is 9.97 Å². The molecule has 0 spiro atoms. The number of furan rings is 1. The number of para-hydroxylation sites is 2. The Bertz CT molecular complexity index is 2760. The van der Waals surface area contributed by atoms with Crippen molar-refractivity contribution in [1.82, 2.24) is 19.5 Å². The molecule has 5 nitrogen and oxygen atoms in total. The van der Waals surface area contributed by atoms with Crippen LogP contribution in [0.3, 0.4) is 0 Å². The molecule has 4 aromatic heterocycles. The molecule has 1 radical (unpaired) electrons. The Hall–Kier alpha value is -6.72. The van der Waals surface area contributed by atoms with E-state index in [1.807, 2.05) is 79.1 Å². The second-order valence-corrected chi connectivity index (χ2v) is 13.2. The molecule has 0 saturated heterocycles. The Balaban J connectivity index is 0.000000290. The molecular formula is C50H34IrN4O-2. The number of pyridine rings is 2. The van der Waals surface area contributed by atoms with E-state index < -0.39 is 0 Å². The standard InChI is InChI=1S/C39H26N3O.C11H8N.Ir/c1-26-22-31(28-10-4-2-5-11-28)38(32(23-26)29-12-6-3-7-13-29)42-36-15-9-8-14-35(36)41-39(42)34-25-43-37-17-16-30(24-33(34)37)27-18-20-40-21-19-27;1-2-6-10(7-3-1)11-8-4-5-9-12-11;/h2-24H,1H3;1-6,8-9H;/q2*-1;. The summed E-state index contributed by atoms with van der Waals surface area (Å²) in [6.45, 7) is 2.16. The number of rotatable bonds is 6. The quantitative estimate of drug-likeness (QED) is 0.156. The Kier molecular flexibility index (Phi) is 10.6. The zero-order valence-corrected chi connectivity index (χ0v) is 32.8. The van der Waals surface area contributed by atoms with Gasteiger partial charge < -0.3 is 14.0 Å². The zero-order valence-electron chi connectivity index (χ0n) is 30.4. The molecule has 10 aromatic rings. The van der Waals surface area contributed by atoms with E-state index in [9.17, 15) is 0 Å². The SMILES string of the molecule is Cc1cc(-c2ccccc2)c(-n2c(-c3[c-]oc4ccc(-c5ccncc5)cc34)nc3ccccc32)c(-c2ccccc2)c1.[Ir].[c-]1ccccc1-c1ccccn1.